The van der Waals surface area contributed by atoms with Gasteiger partial charge in [0.1, 0.15) is 0 Å². The highest BCUT2D eigenvalue weighted by Crippen LogP contribution is 2.16. The van der Waals surface area contributed by atoms with E-state index < -0.39 is 9.84 Å². The van der Waals surface area contributed by atoms with E-state index in [1.807, 2.05) is 24.3 Å². The van der Waals surface area contributed by atoms with Crippen molar-refractivity contribution in [1.29, 1.82) is 0 Å². The zero-order chi connectivity index (χ0) is 13.8. The van der Waals surface area contributed by atoms with Crippen LogP contribution in [-0.4, -0.2) is 25.9 Å². The molecule has 3 nitrogen and oxygen atoms in total. The van der Waals surface area contributed by atoms with E-state index in [2.05, 4.69) is 13.8 Å². The lowest BCUT2D eigenvalue weighted by Crippen LogP contribution is -2.18. The average molecular weight is 270 g/mol. The summed E-state index contributed by atoms with van der Waals surface area (Å²) in [4.78, 5) is 0. The first-order valence-electron chi connectivity index (χ1n) is 6.24. The van der Waals surface area contributed by atoms with Gasteiger partial charge in [-0.25, -0.2) is 8.42 Å². The molecule has 0 aliphatic carbocycles. The van der Waals surface area contributed by atoms with Gasteiger partial charge in [-0.15, -0.1) is 0 Å². The first-order chi connectivity index (χ1) is 8.34. The van der Waals surface area contributed by atoms with Crippen LogP contribution < -0.4 is 0 Å². The lowest BCUT2D eigenvalue weighted by Gasteiger charge is -2.10. The summed E-state index contributed by atoms with van der Waals surface area (Å²) in [5.41, 5.74) is 2.02. The topological polar surface area (TPSA) is 54.4 Å². The van der Waals surface area contributed by atoms with E-state index in [0.717, 1.165) is 5.56 Å². The van der Waals surface area contributed by atoms with Crippen molar-refractivity contribution in [3.8, 4) is 0 Å². The predicted octanol–water partition coefficient (Wildman–Crippen LogP) is 2.35. The molecule has 0 bridgehead atoms. The summed E-state index contributed by atoms with van der Waals surface area (Å²) in [7, 11) is -3.14. The van der Waals surface area contributed by atoms with Gasteiger partial charge in [0.2, 0.25) is 0 Å². The fourth-order valence-electron chi connectivity index (χ4n) is 1.80. The van der Waals surface area contributed by atoms with E-state index in [0.29, 0.717) is 5.92 Å². The normalized spacial score (nSPS) is 13.8. The number of sulfone groups is 1. The summed E-state index contributed by atoms with van der Waals surface area (Å²) in [6, 6.07) is 7.70. The maximum atomic E-state index is 11.9. The van der Waals surface area contributed by atoms with E-state index in [1.54, 1.807) is 6.92 Å². The quantitative estimate of drug-likeness (QED) is 0.863. The smallest absolute Gasteiger partial charge is 0.154 e. The van der Waals surface area contributed by atoms with Gasteiger partial charge in [-0.05, 0) is 23.0 Å². The van der Waals surface area contributed by atoms with Crippen molar-refractivity contribution in [2.45, 2.75) is 32.4 Å². The Balaban J connectivity index is 2.72. The van der Waals surface area contributed by atoms with Crippen LogP contribution in [0.5, 0.6) is 0 Å². The van der Waals surface area contributed by atoms with Crippen LogP contribution in [0.15, 0.2) is 24.3 Å². The van der Waals surface area contributed by atoms with Crippen LogP contribution >= 0.6 is 0 Å². The van der Waals surface area contributed by atoms with E-state index >= 15 is 0 Å². The van der Waals surface area contributed by atoms with Crippen molar-refractivity contribution in [2.24, 2.45) is 5.92 Å². The summed E-state index contributed by atoms with van der Waals surface area (Å²) in [6.45, 7) is 5.86. The van der Waals surface area contributed by atoms with Gasteiger partial charge in [0.25, 0.3) is 0 Å². The Bertz CT molecular complexity index is 460. The minimum absolute atomic E-state index is 0.0371. The van der Waals surface area contributed by atoms with Gasteiger partial charge in [-0.3, -0.25) is 0 Å². The summed E-state index contributed by atoms with van der Waals surface area (Å²) in [5.74, 6) is 0.334. The van der Waals surface area contributed by atoms with Crippen molar-refractivity contribution < 1.29 is 13.5 Å². The molecule has 0 aliphatic heterocycles. The molecule has 102 valence electrons. The van der Waals surface area contributed by atoms with Gasteiger partial charge in [-0.1, -0.05) is 45.0 Å². The molecule has 0 saturated heterocycles. The highest BCUT2D eigenvalue weighted by Gasteiger charge is 2.16. The second-order valence-corrected chi connectivity index (χ2v) is 7.35. The monoisotopic (exact) mass is 270 g/mol. The predicted molar refractivity (Wildman–Crippen MR) is 74.3 cm³/mol. The number of hydrogen-bond acceptors (Lipinski definition) is 3. The van der Waals surface area contributed by atoms with E-state index in [9.17, 15) is 8.42 Å². The maximum Gasteiger partial charge on any atom is 0.154 e. The Kier molecular flexibility index (Phi) is 5.35. The zero-order valence-corrected chi connectivity index (χ0v) is 12.1. The fourth-order valence-corrected chi connectivity index (χ4v) is 3.59. The molecule has 1 aromatic rings. The Labute approximate surface area is 110 Å². The van der Waals surface area contributed by atoms with Gasteiger partial charge in [0.05, 0.1) is 11.5 Å². The third kappa shape index (κ3) is 4.78. The van der Waals surface area contributed by atoms with E-state index in [4.69, 9.17) is 5.11 Å². The van der Waals surface area contributed by atoms with Crippen LogP contribution in [0.3, 0.4) is 0 Å². The Morgan fingerprint density at radius 3 is 2.11 bits per heavy atom. The molecule has 0 spiro atoms. The van der Waals surface area contributed by atoms with Crippen molar-refractivity contribution in [1.82, 2.24) is 0 Å². The van der Waals surface area contributed by atoms with E-state index in [-0.39, 0.29) is 24.0 Å². The van der Waals surface area contributed by atoms with Crippen LogP contribution in [0.1, 0.15) is 37.8 Å². The first kappa shape index (κ1) is 15.2. The molecule has 0 saturated carbocycles. The minimum atomic E-state index is -3.14. The third-order valence-electron chi connectivity index (χ3n) is 2.88. The highest BCUT2D eigenvalue weighted by atomic mass is 32.2. The molecule has 4 heteroatoms. The number of rotatable bonds is 6. The van der Waals surface area contributed by atoms with Crippen LogP contribution in [0.25, 0.3) is 0 Å². The lowest BCUT2D eigenvalue weighted by atomic mass is 10.0. The summed E-state index contributed by atoms with van der Waals surface area (Å²) in [5, 5.41) is 8.90. The summed E-state index contributed by atoms with van der Waals surface area (Å²) in [6.07, 6.45) is 0. The molecule has 0 radical (unpaired) electrons. The Morgan fingerprint density at radius 2 is 1.67 bits per heavy atom. The van der Waals surface area contributed by atoms with Crippen LogP contribution in [0, 0.1) is 5.92 Å². The van der Waals surface area contributed by atoms with Gasteiger partial charge in [0, 0.05) is 6.61 Å². The molecule has 0 aromatic heterocycles. The largest absolute Gasteiger partial charge is 0.396 e. The van der Waals surface area contributed by atoms with Crippen LogP contribution in [-0.2, 0) is 15.6 Å². The molecular weight excluding hydrogens is 248 g/mol. The first-order valence-corrected chi connectivity index (χ1v) is 8.06. The van der Waals surface area contributed by atoms with Crippen molar-refractivity contribution in [2.75, 3.05) is 12.4 Å². The van der Waals surface area contributed by atoms with Gasteiger partial charge < -0.3 is 5.11 Å². The van der Waals surface area contributed by atoms with Crippen molar-refractivity contribution >= 4 is 9.84 Å². The number of hydrogen-bond donors (Lipinski definition) is 1. The molecule has 1 atom stereocenters. The van der Waals surface area contributed by atoms with Crippen LogP contribution in [0.2, 0.25) is 0 Å². The summed E-state index contributed by atoms with van der Waals surface area (Å²) < 4.78 is 23.8. The molecule has 1 unspecified atom stereocenters. The second-order valence-electron chi connectivity index (χ2n) is 5.24. The zero-order valence-electron chi connectivity index (χ0n) is 11.3. The molecule has 0 fully saturated rings. The molecule has 1 aromatic carbocycles. The van der Waals surface area contributed by atoms with Crippen molar-refractivity contribution in [3.05, 3.63) is 35.4 Å². The molecule has 0 aliphatic rings. The number of aliphatic hydroxyl groups excluding tert-OH is 1. The molecule has 1 rings (SSSR count). The van der Waals surface area contributed by atoms with Gasteiger partial charge in [-0.2, -0.15) is 0 Å². The third-order valence-corrected chi connectivity index (χ3v) is 4.73. The standard InChI is InChI=1S/C14H22O3S/c1-11(2)14-6-4-13(5-7-14)10-18(16,17)9-12(3)8-15/h4-7,11-12,15H,8-10H2,1-3H3. The minimum Gasteiger partial charge on any atom is -0.396 e. The molecular formula is C14H22O3S. The maximum absolute atomic E-state index is 11.9. The summed E-state index contributed by atoms with van der Waals surface area (Å²) >= 11 is 0. The number of aliphatic hydroxyl groups is 1. The Morgan fingerprint density at radius 1 is 1.11 bits per heavy atom. The molecule has 0 amide bonds. The Hall–Kier alpha value is -0.870. The average Bonchev–Trinajstić information content (AvgIpc) is 2.28. The van der Waals surface area contributed by atoms with Gasteiger partial charge in [0.15, 0.2) is 9.84 Å². The van der Waals surface area contributed by atoms with E-state index in [1.165, 1.54) is 5.56 Å². The molecule has 0 heterocycles. The number of benzene rings is 1. The lowest BCUT2D eigenvalue weighted by molar-refractivity contribution is 0.249. The molecule has 18 heavy (non-hydrogen) atoms. The second kappa shape index (κ2) is 6.34. The highest BCUT2D eigenvalue weighted by molar-refractivity contribution is 7.90. The van der Waals surface area contributed by atoms with Crippen LogP contribution in [0.4, 0.5) is 0 Å². The molecule has 1 N–H and O–H groups in total. The fraction of sp³-hybridized carbons (Fsp3) is 0.571. The SMILES string of the molecule is CC(CO)CS(=O)(=O)Cc1ccc(C(C)C)cc1. The van der Waals surface area contributed by atoms with Crippen molar-refractivity contribution in [3.63, 3.8) is 0 Å². The van der Waals surface area contributed by atoms with Gasteiger partial charge >= 0.3 is 0 Å².